The molecule has 63 heavy (non-hydrogen) atoms. The van der Waals surface area contributed by atoms with Gasteiger partial charge in [0.05, 0.1) is 27.9 Å². The minimum absolute atomic E-state index is 0.242. The first-order chi connectivity index (χ1) is 31.2. The van der Waals surface area contributed by atoms with E-state index in [9.17, 15) is 0 Å². The predicted molar refractivity (Wildman–Crippen MR) is 264 cm³/mol. The smallest absolute Gasteiger partial charge is 0.0972 e. The van der Waals surface area contributed by atoms with Crippen molar-refractivity contribution in [1.29, 1.82) is 0 Å². The van der Waals surface area contributed by atoms with Crippen LogP contribution in [0.3, 0.4) is 0 Å². The molecule has 0 bridgehead atoms. The molecule has 2 unspecified atom stereocenters. The van der Waals surface area contributed by atoms with Crippen LogP contribution in [0.15, 0.2) is 223 Å². The summed E-state index contributed by atoms with van der Waals surface area (Å²) in [5.41, 5.74) is 17.3. The van der Waals surface area contributed by atoms with Crippen molar-refractivity contribution in [3.8, 4) is 22.5 Å². The van der Waals surface area contributed by atoms with Crippen molar-refractivity contribution in [2.45, 2.75) is 0 Å². The first-order valence-corrected chi connectivity index (χ1v) is 22.5. The number of thiophene rings is 1. The highest BCUT2D eigenvalue weighted by atomic mass is 32.1. The molecular formula is C59H35N3S. The highest BCUT2D eigenvalue weighted by molar-refractivity contribution is 7.26. The fourth-order valence-electron chi connectivity index (χ4n) is 10.7. The van der Waals surface area contributed by atoms with Crippen LogP contribution in [0.25, 0.3) is 97.3 Å². The van der Waals surface area contributed by atoms with E-state index in [1.165, 1.54) is 75.3 Å². The highest BCUT2D eigenvalue weighted by Crippen LogP contribution is 2.53. The van der Waals surface area contributed by atoms with Gasteiger partial charge in [-0.15, -0.1) is 11.3 Å². The zero-order valence-corrected chi connectivity index (χ0v) is 34.8. The molecule has 3 nitrogen and oxygen atoms in total. The van der Waals surface area contributed by atoms with Gasteiger partial charge in [0.1, 0.15) is 0 Å². The maximum absolute atomic E-state index is 5.37. The van der Waals surface area contributed by atoms with Crippen LogP contribution in [0.1, 0.15) is 11.1 Å². The first-order valence-electron chi connectivity index (χ1n) is 21.6. The standard InChI is InChI=1S/C59H35N3S/c1-2-9-34(10-3-1)50-28-23-36-18-20-41-32-43(33-60-57(41)58(36)61-50)44-24-21-35-17-19-38-30-42(31-39-22-25-46(44)54(35)53(38)39)37-11-8-12-40(29-37)56-49-27-26-47-45-13-5-7-16-52(45)63-59(47)55(49)48-14-4-6-15-51(48)62-56/h1-33,53-54H. The zero-order valence-electron chi connectivity index (χ0n) is 34.0. The third-order valence-electron chi connectivity index (χ3n) is 13.6. The number of hydrogen-bond acceptors (Lipinski definition) is 4. The molecule has 4 aliphatic carbocycles. The molecule has 4 aliphatic rings. The van der Waals surface area contributed by atoms with Gasteiger partial charge < -0.3 is 0 Å². The van der Waals surface area contributed by atoms with E-state index >= 15 is 0 Å². The Balaban J connectivity index is 0.848. The van der Waals surface area contributed by atoms with Crippen molar-refractivity contribution in [2.24, 2.45) is 11.8 Å². The van der Waals surface area contributed by atoms with E-state index in [-0.39, 0.29) is 11.8 Å². The number of aromatic nitrogens is 3. The zero-order chi connectivity index (χ0) is 41.2. The minimum Gasteiger partial charge on any atom is -0.253 e. The van der Waals surface area contributed by atoms with E-state index in [1.54, 1.807) is 0 Å². The van der Waals surface area contributed by atoms with Crippen LogP contribution in [-0.4, -0.2) is 15.0 Å². The summed E-state index contributed by atoms with van der Waals surface area (Å²) in [6.45, 7) is 0. The quantitative estimate of drug-likeness (QED) is 0.166. The van der Waals surface area contributed by atoms with E-state index in [0.29, 0.717) is 0 Å². The lowest BCUT2D eigenvalue weighted by Crippen LogP contribution is -2.29. The van der Waals surface area contributed by atoms with Crippen molar-refractivity contribution in [3.63, 3.8) is 0 Å². The van der Waals surface area contributed by atoms with Crippen LogP contribution in [0.2, 0.25) is 0 Å². The summed E-state index contributed by atoms with van der Waals surface area (Å²) in [6.07, 6.45) is 20.9. The van der Waals surface area contributed by atoms with Gasteiger partial charge in [-0.3, -0.25) is 4.98 Å². The van der Waals surface area contributed by atoms with Gasteiger partial charge in [0.15, 0.2) is 0 Å². The van der Waals surface area contributed by atoms with Gasteiger partial charge in [0.25, 0.3) is 0 Å². The number of nitrogens with zero attached hydrogens (tertiary/aromatic N) is 3. The molecule has 6 aromatic carbocycles. The Bertz CT molecular complexity index is 3910. The Morgan fingerprint density at radius 3 is 2.21 bits per heavy atom. The lowest BCUT2D eigenvalue weighted by molar-refractivity contribution is 0.568. The second-order valence-corrected chi connectivity index (χ2v) is 18.1. The summed E-state index contributed by atoms with van der Waals surface area (Å²) in [6, 6.07) is 52.2. The van der Waals surface area contributed by atoms with Crippen LogP contribution in [0.4, 0.5) is 0 Å². The fraction of sp³-hybridized carbons (Fsp3) is 0.0339. The molecule has 0 amide bonds. The Hall–Kier alpha value is -7.79. The molecule has 10 aromatic rings. The van der Waals surface area contributed by atoms with E-state index in [2.05, 4.69) is 188 Å². The number of rotatable bonds is 4. The summed E-state index contributed by atoms with van der Waals surface area (Å²) in [7, 11) is 0. The van der Waals surface area contributed by atoms with Crippen molar-refractivity contribution in [2.75, 3.05) is 0 Å². The largest absolute Gasteiger partial charge is 0.253 e. The van der Waals surface area contributed by atoms with Crippen LogP contribution in [-0.2, 0) is 0 Å². The van der Waals surface area contributed by atoms with Gasteiger partial charge in [-0.05, 0) is 69.3 Å². The van der Waals surface area contributed by atoms with Gasteiger partial charge in [-0.1, -0.05) is 164 Å². The number of allylic oxidation sites excluding steroid dienone is 14. The first kappa shape index (κ1) is 34.9. The maximum Gasteiger partial charge on any atom is 0.0972 e. The summed E-state index contributed by atoms with van der Waals surface area (Å²) >= 11 is 1.88. The van der Waals surface area contributed by atoms with Crippen LogP contribution < -0.4 is 0 Å². The van der Waals surface area contributed by atoms with E-state index in [4.69, 9.17) is 15.0 Å². The van der Waals surface area contributed by atoms with E-state index < -0.39 is 0 Å². The summed E-state index contributed by atoms with van der Waals surface area (Å²) in [4.78, 5) is 15.6. The minimum atomic E-state index is 0.242. The average molecular weight is 818 g/mol. The normalized spacial score (nSPS) is 17.7. The number of para-hydroxylation sites is 1. The van der Waals surface area contributed by atoms with Gasteiger partial charge >= 0.3 is 0 Å². The molecule has 0 saturated carbocycles. The third kappa shape index (κ3) is 5.29. The molecular weight excluding hydrogens is 783 g/mol. The van der Waals surface area contributed by atoms with E-state index in [1.807, 2.05) is 23.6 Å². The topological polar surface area (TPSA) is 38.7 Å². The van der Waals surface area contributed by atoms with Crippen molar-refractivity contribution in [3.05, 3.63) is 234 Å². The second kappa shape index (κ2) is 13.4. The highest BCUT2D eigenvalue weighted by Gasteiger charge is 2.40. The molecule has 4 heteroatoms. The summed E-state index contributed by atoms with van der Waals surface area (Å²) in [5, 5.41) is 8.49. The predicted octanol–water partition coefficient (Wildman–Crippen LogP) is 15.2. The number of hydrogen-bond donors (Lipinski definition) is 0. The molecule has 14 rings (SSSR count). The monoisotopic (exact) mass is 817 g/mol. The molecule has 4 heterocycles. The number of benzene rings is 6. The number of fused-ring (bicyclic) bond motifs is 10. The SMILES string of the molecule is C1=CC2=CC=C(c3cnc4c(ccc5ccc(-c6ccccc6)nc54)c3)C3=CC=C4C=C(c5cccc(-c6nc7ccccc7c7c6ccc6c8ccccc8sc67)c5)C=C1C4C23. The lowest BCUT2D eigenvalue weighted by Gasteiger charge is -2.41. The van der Waals surface area contributed by atoms with Crippen molar-refractivity contribution in [1.82, 2.24) is 15.0 Å². The number of pyridine rings is 3. The maximum atomic E-state index is 5.37. The van der Waals surface area contributed by atoms with E-state index in [0.717, 1.165) is 55.4 Å². The van der Waals surface area contributed by atoms with Crippen LogP contribution >= 0.6 is 11.3 Å². The fourth-order valence-corrected chi connectivity index (χ4v) is 12.0. The molecule has 0 saturated heterocycles. The van der Waals surface area contributed by atoms with Gasteiger partial charge in [0.2, 0.25) is 0 Å². The van der Waals surface area contributed by atoms with Gasteiger partial charge in [-0.2, -0.15) is 0 Å². The Labute approximate surface area is 367 Å². The molecule has 0 spiro atoms. The second-order valence-electron chi connectivity index (χ2n) is 17.1. The van der Waals surface area contributed by atoms with Crippen LogP contribution in [0.5, 0.6) is 0 Å². The van der Waals surface area contributed by atoms with Gasteiger partial charge in [0, 0.05) is 81.8 Å². The molecule has 2 atom stereocenters. The molecule has 0 N–H and O–H groups in total. The molecule has 0 fully saturated rings. The summed E-state index contributed by atoms with van der Waals surface area (Å²) in [5.74, 6) is 0.497. The summed E-state index contributed by atoms with van der Waals surface area (Å²) < 4.78 is 2.64. The Morgan fingerprint density at radius 2 is 1.25 bits per heavy atom. The molecule has 4 aromatic heterocycles. The Kier molecular flexibility index (Phi) is 7.39. The molecule has 0 aliphatic heterocycles. The Morgan fingerprint density at radius 1 is 0.476 bits per heavy atom. The lowest BCUT2D eigenvalue weighted by atomic mass is 9.62. The van der Waals surface area contributed by atoms with Crippen molar-refractivity contribution < 1.29 is 0 Å². The molecule has 0 radical (unpaired) electrons. The third-order valence-corrected chi connectivity index (χ3v) is 14.8. The van der Waals surface area contributed by atoms with Crippen LogP contribution in [0, 0.1) is 11.8 Å². The van der Waals surface area contributed by atoms with Crippen molar-refractivity contribution >= 4 is 86.1 Å². The average Bonchev–Trinajstić information content (AvgIpc) is 3.74. The van der Waals surface area contributed by atoms with Gasteiger partial charge in [-0.25, -0.2) is 9.97 Å². The molecule has 292 valence electrons.